The number of aryl methyl sites for hydroxylation is 1. The number of aromatic nitrogens is 1. The Hall–Kier alpha value is -3.21. The molecule has 0 saturated heterocycles. The van der Waals surface area contributed by atoms with Crippen LogP contribution in [0.4, 0.5) is 4.39 Å². The normalized spacial score (nSPS) is 10.4. The van der Waals surface area contributed by atoms with Crippen LogP contribution in [0.5, 0.6) is 11.6 Å². The molecule has 3 rings (SSSR count). The number of hydrogen-bond acceptors (Lipinski definition) is 3. The maximum Gasteiger partial charge on any atom is 0.224 e. The quantitative estimate of drug-likeness (QED) is 0.725. The number of pyridine rings is 1. The van der Waals surface area contributed by atoms with E-state index in [0.29, 0.717) is 17.2 Å². The molecule has 1 aromatic heterocycles. The number of nitrogens with one attached hydrogen (secondary N) is 1. The monoisotopic (exact) mass is 350 g/mol. The van der Waals surface area contributed by atoms with Crippen molar-refractivity contribution in [3.8, 4) is 11.6 Å². The van der Waals surface area contributed by atoms with Crippen molar-refractivity contribution in [2.45, 2.75) is 19.9 Å². The van der Waals surface area contributed by atoms with Gasteiger partial charge in [0.15, 0.2) is 0 Å². The second-order valence-electron chi connectivity index (χ2n) is 5.88. The van der Waals surface area contributed by atoms with E-state index in [2.05, 4.69) is 10.3 Å². The third-order valence-corrected chi connectivity index (χ3v) is 3.94. The number of rotatable bonds is 6. The Morgan fingerprint density at radius 2 is 1.77 bits per heavy atom. The Kier molecular flexibility index (Phi) is 5.59. The molecule has 3 aromatic rings. The first-order valence-electron chi connectivity index (χ1n) is 8.31. The lowest BCUT2D eigenvalue weighted by molar-refractivity contribution is -0.120. The Bertz CT molecular complexity index is 912. The maximum atomic E-state index is 13.6. The van der Waals surface area contributed by atoms with Crippen molar-refractivity contribution < 1.29 is 13.9 Å². The van der Waals surface area contributed by atoms with Gasteiger partial charge in [-0.05, 0) is 36.2 Å². The molecule has 1 N–H and O–H groups in total. The zero-order valence-electron chi connectivity index (χ0n) is 14.4. The van der Waals surface area contributed by atoms with Crippen LogP contribution in [-0.4, -0.2) is 10.9 Å². The molecule has 0 aliphatic heterocycles. The summed E-state index contributed by atoms with van der Waals surface area (Å²) in [6, 6.07) is 17.5. The largest absolute Gasteiger partial charge is 0.438 e. The van der Waals surface area contributed by atoms with Gasteiger partial charge >= 0.3 is 0 Å². The molecule has 0 aliphatic carbocycles. The highest BCUT2D eigenvalue weighted by Gasteiger charge is 2.11. The first-order valence-corrected chi connectivity index (χ1v) is 8.31. The molecule has 0 bridgehead atoms. The Morgan fingerprint density at radius 1 is 1.04 bits per heavy atom. The van der Waals surface area contributed by atoms with E-state index in [1.54, 1.807) is 30.5 Å². The highest BCUT2D eigenvalue weighted by atomic mass is 19.1. The number of carbonyl (C=O) groups excluding carboxylic acids is 1. The second kappa shape index (κ2) is 8.25. The van der Waals surface area contributed by atoms with Crippen LogP contribution in [0, 0.1) is 12.7 Å². The zero-order valence-corrected chi connectivity index (χ0v) is 14.4. The van der Waals surface area contributed by atoms with E-state index < -0.39 is 0 Å². The molecule has 132 valence electrons. The average Bonchev–Trinajstić information content (AvgIpc) is 2.65. The van der Waals surface area contributed by atoms with Crippen molar-refractivity contribution >= 4 is 5.91 Å². The lowest BCUT2D eigenvalue weighted by Crippen LogP contribution is -2.25. The van der Waals surface area contributed by atoms with Crippen LogP contribution in [-0.2, 0) is 17.8 Å². The Labute approximate surface area is 151 Å². The van der Waals surface area contributed by atoms with Crippen molar-refractivity contribution in [3.05, 3.63) is 89.4 Å². The highest BCUT2D eigenvalue weighted by Crippen LogP contribution is 2.25. The molecule has 0 atom stereocenters. The van der Waals surface area contributed by atoms with E-state index in [4.69, 9.17) is 4.74 Å². The number of ether oxygens (including phenoxy) is 1. The van der Waals surface area contributed by atoms with Crippen LogP contribution in [0.3, 0.4) is 0 Å². The van der Waals surface area contributed by atoms with Crippen molar-refractivity contribution in [1.29, 1.82) is 0 Å². The first kappa shape index (κ1) is 17.6. The fraction of sp³-hybridized carbons (Fsp3) is 0.143. The van der Waals surface area contributed by atoms with Gasteiger partial charge in [0.05, 0.1) is 6.42 Å². The molecule has 0 radical (unpaired) electrons. The van der Waals surface area contributed by atoms with Gasteiger partial charge in [-0.2, -0.15) is 0 Å². The van der Waals surface area contributed by atoms with E-state index in [-0.39, 0.29) is 24.7 Å². The van der Waals surface area contributed by atoms with E-state index in [9.17, 15) is 9.18 Å². The van der Waals surface area contributed by atoms with Crippen LogP contribution >= 0.6 is 0 Å². The predicted octanol–water partition coefficient (Wildman–Crippen LogP) is 4.18. The molecule has 2 aromatic carbocycles. The summed E-state index contributed by atoms with van der Waals surface area (Å²) in [7, 11) is 0. The maximum absolute atomic E-state index is 13.6. The molecule has 0 aliphatic rings. The molecule has 0 saturated carbocycles. The number of amides is 1. The lowest BCUT2D eigenvalue weighted by atomic mass is 10.1. The average molecular weight is 350 g/mol. The van der Waals surface area contributed by atoms with E-state index >= 15 is 0 Å². The SMILES string of the molecule is Cc1ccccc1Oc1ncccc1CNC(=O)Cc1ccccc1F. The number of nitrogens with zero attached hydrogens (tertiary/aromatic N) is 1. The van der Waals surface area contributed by atoms with Crippen molar-refractivity contribution in [1.82, 2.24) is 10.3 Å². The summed E-state index contributed by atoms with van der Waals surface area (Å²) in [5.41, 5.74) is 2.11. The van der Waals surface area contributed by atoms with Gasteiger partial charge in [-0.15, -0.1) is 0 Å². The number of halogens is 1. The molecule has 1 amide bonds. The van der Waals surface area contributed by atoms with Gasteiger partial charge in [-0.1, -0.05) is 42.5 Å². The lowest BCUT2D eigenvalue weighted by Gasteiger charge is -2.12. The van der Waals surface area contributed by atoms with Crippen molar-refractivity contribution in [2.75, 3.05) is 0 Å². The topological polar surface area (TPSA) is 51.2 Å². The summed E-state index contributed by atoms with van der Waals surface area (Å²) in [4.78, 5) is 16.4. The van der Waals surface area contributed by atoms with Crippen LogP contribution in [0.1, 0.15) is 16.7 Å². The third kappa shape index (κ3) is 4.45. The molecular formula is C21H19FN2O2. The van der Waals surface area contributed by atoms with Crippen LogP contribution < -0.4 is 10.1 Å². The second-order valence-corrected chi connectivity index (χ2v) is 5.88. The van der Waals surface area contributed by atoms with Crippen molar-refractivity contribution in [3.63, 3.8) is 0 Å². The number of carbonyl (C=O) groups is 1. The summed E-state index contributed by atoms with van der Waals surface area (Å²) in [5.74, 6) is 0.506. The molecule has 0 unspecified atom stereocenters. The number of benzene rings is 2. The predicted molar refractivity (Wildman–Crippen MR) is 97.4 cm³/mol. The van der Waals surface area contributed by atoms with Gasteiger partial charge in [0, 0.05) is 18.3 Å². The molecule has 5 heteroatoms. The van der Waals surface area contributed by atoms with Gasteiger partial charge in [0.2, 0.25) is 11.8 Å². The van der Waals surface area contributed by atoms with Gasteiger partial charge < -0.3 is 10.1 Å². The minimum Gasteiger partial charge on any atom is -0.438 e. The van der Waals surface area contributed by atoms with Crippen molar-refractivity contribution in [2.24, 2.45) is 0 Å². The van der Waals surface area contributed by atoms with E-state index in [1.807, 2.05) is 37.3 Å². The molecule has 1 heterocycles. The molecule has 0 fully saturated rings. The standard InChI is InChI=1S/C21H19FN2O2/c1-15-7-2-5-11-19(15)26-21-17(9-6-12-23-21)14-24-20(25)13-16-8-3-4-10-18(16)22/h2-12H,13-14H2,1H3,(H,24,25). The first-order chi connectivity index (χ1) is 12.6. The number of para-hydroxylation sites is 1. The highest BCUT2D eigenvalue weighted by molar-refractivity contribution is 5.78. The summed E-state index contributed by atoms with van der Waals surface area (Å²) < 4.78 is 19.5. The van der Waals surface area contributed by atoms with Crippen LogP contribution in [0.25, 0.3) is 0 Å². The molecule has 0 spiro atoms. The zero-order chi connectivity index (χ0) is 18.4. The smallest absolute Gasteiger partial charge is 0.224 e. The fourth-order valence-corrected chi connectivity index (χ4v) is 2.50. The summed E-state index contributed by atoms with van der Waals surface area (Å²) >= 11 is 0. The molecule has 4 nitrogen and oxygen atoms in total. The summed E-state index contributed by atoms with van der Waals surface area (Å²) in [6.45, 7) is 2.20. The molecular weight excluding hydrogens is 331 g/mol. The third-order valence-electron chi connectivity index (χ3n) is 3.94. The van der Waals surface area contributed by atoms with E-state index in [1.165, 1.54) is 6.07 Å². The van der Waals surface area contributed by atoms with Gasteiger partial charge in [-0.3, -0.25) is 4.79 Å². The summed E-state index contributed by atoms with van der Waals surface area (Å²) in [6.07, 6.45) is 1.62. The van der Waals surface area contributed by atoms with Gasteiger partial charge in [0.25, 0.3) is 0 Å². The van der Waals surface area contributed by atoms with E-state index in [0.717, 1.165) is 11.1 Å². The van der Waals surface area contributed by atoms with Crippen LogP contribution in [0.15, 0.2) is 66.9 Å². The molecule has 26 heavy (non-hydrogen) atoms. The summed E-state index contributed by atoms with van der Waals surface area (Å²) in [5, 5.41) is 2.79. The Balaban J connectivity index is 1.66. The number of hydrogen-bond donors (Lipinski definition) is 1. The minimum atomic E-state index is -0.382. The Morgan fingerprint density at radius 3 is 2.58 bits per heavy atom. The minimum absolute atomic E-state index is 0.0130. The fourth-order valence-electron chi connectivity index (χ4n) is 2.50. The van der Waals surface area contributed by atoms with Gasteiger partial charge in [0.1, 0.15) is 11.6 Å². The van der Waals surface area contributed by atoms with Crippen LogP contribution in [0.2, 0.25) is 0 Å². The van der Waals surface area contributed by atoms with Gasteiger partial charge in [-0.25, -0.2) is 9.37 Å².